The van der Waals surface area contributed by atoms with E-state index in [9.17, 15) is 13.2 Å². The third-order valence-corrected chi connectivity index (χ3v) is 4.76. The van der Waals surface area contributed by atoms with Crippen LogP contribution in [0.5, 0.6) is 0 Å². The van der Waals surface area contributed by atoms with Gasteiger partial charge in [-0.25, -0.2) is 0 Å². The lowest BCUT2D eigenvalue weighted by Crippen LogP contribution is -2.41. The van der Waals surface area contributed by atoms with E-state index < -0.39 is 21.3 Å². The SMILES string of the molecule is CCC[Si](C)(OCC)OCC(F)(F)F. The summed E-state index contributed by atoms with van der Waals surface area (Å²) in [5.74, 6) is 0. The second kappa shape index (κ2) is 5.72. The molecule has 0 aliphatic carbocycles. The molecule has 86 valence electrons. The predicted octanol–water partition coefficient (Wildman–Crippen LogP) is 3.08. The predicted molar refractivity (Wildman–Crippen MR) is 50.3 cm³/mol. The molecule has 0 bridgehead atoms. The first-order chi connectivity index (χ1) is 6.33. The van der Waals surface area contributed by atoms with Gasteiger partial charge in [-0.15, -0.1) is 0 Å². The lowest BCUT2D eigenvalue weighted by Gasteiger charge is -2.26. The Balaban J connectivity index is 4.08. The number of alkyl halides is 3. The molecule has 0 saturated heterocycles. The molecule has 0 aromatic carbocycles. The summed E-state index contributed by atoms with van der Waals surface area (Å²) < 4.78 is 45.9. The summed E-state index contributed by atoms with van der Waals surface area (Å²) in [6, 6.07) is 0.594. The molecule has 0 N–H and O–H groups in total. The van der Waals surface area contributed by atoms with Crippen LogP contribution in [0.15, 0.2) is 0 Å². The summed E-state index contributed by atoms with van der Waals surface area (Å²) in [4.78, 5) is 0. The molecule has 6 heteroatoms. The van der Waals surface area contributed by atoms with Crippen molar-refractivity contribution in [3.63, 3.8) is 0 Å². The summed E-state index contributed by atoms with van der Waals surface area (Å²) >= 11 is 0. The van der Waals surface area contributed by atoms with Gasteiger partial charge in [-0.3, -0.25) is 0 Å². The Labute approximate surface area is 83.6 Å². The Hall–Kier alpha value is -0.0731. The van der Waals surface area contributed by atoms with Crippen molar-refractivity contribution < 1.29 is 22.0 Å². The number of hydrogen-bond acceptors (Lipinski definition) is 2. The van der Waals surface area contributed by atoms with Gasteiger partial charge in [-0.1, -0.05) is 13.3 Å². The molecule has 0 spiro atoms. The first-order valence-corrected chi connectivity index (χ1v) is 7.20. The minimum atomic E-state index is -4.26. The Morgan fingerprint density at radius 1 is 1.14 bits per heavy atom. The molecule has 1 atom stereocenters. The van der Waals surface area contributed by atoms with Crippen LogP contribution in [0, 0.1) is 0 Å². The van der Waals surface area contributed by atoms with Crippen molar-refractivity contribution in [3.8, 4) is 0 Å². The Kier molecular flexibility index (Phi) is 5.69. The van der Waals surface area contributed by atoms with E-state index in [0.29, 0.717) is 12.7 Å². The zero-order valence-corrected chi connectivity index (χ0v) is 9.78. The average molecular weight is 230 g/mol. The van der Waals surface area contributed by atoms with E-state index in [4.69, 9.17) is 8.85 Å². The largest absolute Gasteiger partial charge is 0.410 e. The monoisotopic (exact) mass is 230 g/mol. The van der Waals surface area contributed by atoms with Gasteiger partial charge in [0.1, 0.15) is 6.61 Å². The van der Waals surface area contributed by atoms with Crippen LogP contribution in [0.25, 0.3) is 0 Å². The van der Waals surface area contributed by atoms with Gasteiger partial charge in [-0.2, -0.15) is 13.2 Å². The third-order valence-electron chi connectivity index (χ3n) is 1.69. The van der Waals surface area contributed by atoms with Crippen molar-refractivity contribution >= 4 is 8.56 Å². The fraction of sp³-hybridized carbons (Fsp3) is 1.00. The van der Waals surface area contributed by atoms with E-state index in [-0.39, 0.29) is 0 Å². The van der Waals surface area contributed by atoms with E-state index in [1.54, 1.807) is 13.5 Å². The van der Waals surface area contributed by atoms with Gasteiger partial charge in [0.15, 0.2) is 0 Å². The van der Waals surface area contributed by atoms with Gasteiger partial charge < -0.3 is 8.85 Å². The van der Waals surface area contributed by atoms with Crippen LogP contribution in [0.2, 0.25) is 12.6 Å². The summed E-state index contributed by atoms with van der Waals surface area (Å²) in [6.07, 6.45) is -3.49. The molecule has 14 heavy (non-hydrogen) atoms. The maximum Gasteiger partial charge on any atom is 0.410 e. The third kappa shape index (κ3) is 6.39. The van der Waals surface area contributed by atoms with E-state index in [0.717, 1.165) is 6.42 Å². The highest BCUT2D eigenvalue weighted by Gasteiger charge is 2.36. The van der Waals surface area contributed by atoms with Crippen molar-refractivity contribution in [1.82, 2.24) is 0 Å². The second-order valence-electron chi connectivity index (χ2n) is 3.22. The molecule has 0 aliphatic heterocycles. The van der Waals surface area contributed by atoms with Crippen LogP contribution in [-0.2, 0) is 8.85 Å². The van der Waals surface area contributed by atoms with E-state index in [2.05, 4.69) is 0 Å². The second-order valence-corrected chi connectivity index (χ2v) is 6.57. The maximum absolute atomic E-state index is 11.9. The maximum atomic E-state index is 11.9. The molecule has 2 nitrogen and oxygen atoms in total. The van der Waals surface area contributed by atoms with Crippen molar-refractivity contribution in [2.24, 2.45) is 0 Å². The standard InChI is InChI=1S/C8H17F3O2Si/c1-4-6-14(3,12-5-2)13-7-8(9,10)11/h4-7H2,1-3H3. The lowest BCUT2D eigenvalue weighted by atomic mass is 10.6. The molecule has 0 fully saturated rings. The highest BCUT2D eigenvalue weighted by molar-refractivity contribution is 6.66. The Morgan fingerprint density at radius 2 is 1.71 bits per heavy atom. The molecule has 0 heterocycles. The first kappa shape index (κ1) is 13.9. The summed E-state index contributed by atoms with van der Waals surface area (Å²) in [6.45, 7) is 4.54. The van der Waals surface area contributed by atoms with Crippen LogP contribution >= 0.6 is 0 Å². The van der Waals surface area contributed by atoms with Gasteiger partial charge in [0.05, 0.1) is 0 Å². The molecule has 0 saturated carbocycles. The number of rotatable bonds is 6. The number of hydrogen-bond donors (Lipinski definition) is 0. The molecule has 0 aliphatic rings. The Bertz CT molecular complexity index is 155. The van der Waals surface area contributed by atoms with Crippen molar-refractivity contribution in [2.45, 2.75) is 39.0 Å². The fourth-order valence-electron chi connectivity index (χ4n) is 1.18. The van der Waals surface area contributed by atoms with Crippen molar-refractivity contribution in [1.29, 1.82) is 0 Å². The van der Waals surface area contributed by atoms with Crippen LogP contribution in [-0.4, -0.2) is 28.0 Å². The van der Waals surface area contributed by atoms with Gasteiger partial charge in [0.2, 0.25) is 0 Å². The highest BCUT2D eigenvalue weighted by atomic mass is 28.4. The molecular weight excluding hydrogens is 213 g/mol. The molecule has 0 radical (unpaired) electrons. The van der Waals surface area contributed by atoms with E-state index in [1.165, 1.54) is 0 Å². The van der Waals surface area contributed by atoms with Crippen LogP contribution in [0.4, 0.5) is 13.2 Å². The van der Waals surface area contributed by atoms with Crippen LogP contribution in [0.3, 0.4) is 0 Å². The van der Waals surface area contributed by atoms with Crippen molar-refractivity contribution in [2.75, 3.05) is 13.2 Å². The molecule has 0 amide bonds. The zero-order valence-electron chi connectivity index (χ0n) is 8.78. The first-order valence-electron chi connectivity index (χ1n) is 4.67. The van der Waals surface area contributed by atoms with Crippen LogP contribution in [0.1, 0.15) is 20.3 Å². The lowest BCUT2D eigenvalue weighted by molar-refractivity contribution is -0.158. The van der Waals surface area contributed by atoms with Crippen LogP contribution < -0.4 is 0 Å². The van der Waals surface area contributed by atoms with E-state index in [1.807, 2.05) is 6.92 Å². The van der Waals surface area contributed by atoms with Crippen molar-refractivity contribution in [3.05, 3.63) is 0 Å². The quantitative estimate of drug-likeness (QED) is 0.653. The highest BCUT2D eigenvalue weighted by Crippen LogP contribution is 2.21. The molecule has 0 rings (SSSR count). The normalized spacial score (nSPS) is 16.7. The molecule has 1 unspecified atom stereocenters. The summed E-state index contributed by atoms with van der Waals surface area (Å²) in [7, 11) is -2.58. The zero-order chi connectivity index (χ0) is 11.2. The van der Waals surface area contributed by atoms with Gasteiger partial charge in [-0.05, 0) is 19.5 Å². The smallest absolute Gasteiger partial charge is 0.395 e. The van der Waals surface area contributed by atoms with E-state index >= 15 is 0 Å². The Morgan fingerprint density at radius 3 is 2.07 bits per heavy atom. The summed E-state index contributed by atoms with van der Waals surface area (Å²) in [5, 5.41) is 0. The van der Waals surface area contributed by atoms with Gasteiger partial charge in [0, 0.05) is 6.61 Å². The van der Waals surface area contributed by atoms with Gasteiger partial charge >= 0.3 is 14.7 Å². The minimum absolute atomic E-state index is 0.403. The molecular formula is C8H17F3O2Si. The minimum Gasteiger partial charge on any atom is -0.395 e. The summed E-state index contributed by atoms with van der Waals surface area (Å²) in [5.41, 5.74) is 0. The van der Waals surface area contributed by atoms with Gasteiger partial charge in [0.25, 0.3) is 0 Å². The topological polar surface area (TPSA) is 18.5 Å². The number of halogens is 3. The molecule has 0 aromatic heterocycles. The average Bonchev–Trinajstić information content (AvgIpc) is 2.01. The molecule has 0 aromatic rings. The fourth-order valence-corrected chi connectivity index (χ4v) is 3.54.